The van der Waals surface area contributed by atoms with Crippen molar-refractivity contribution in [2.45, 2.75) is 18.7 Å². The van der Waals surface area contributed by atoms with E-state index in [9.17, 15) is 8.42 Å². The summed E-state index contributed by atoms with van der Waals surface area (Å²) in [6, 6.07) is 15.4. The van der Waals surface area contributed by atoms with Crippen molar-refractivity contribution < 1.29 is 8.42 Å². The van der Waals surface area contributed by atoms with E-state index >= 15 is 0 Å². The fraction of sp³-hybridized carbons (Fsp3) is 0.111. The van der Waals surface area contributed by atoms with Crippen molar-refractivity contribution in [2.24, 2.45) is 0 Å². The van der Waals surface area contributed by atoms with Gasteiger partial charge < -0.3 is 5.32 Å². The molecule has 0 radical (unpaired) electrons. The first-order chi connectivity index (χ1) is 12.3. The van der Waals surface area contributed by atoms with Crippen molar-refractivity contribution in [3.63, 3.8) is 0 Å². The van der Waals surface area contributed by atoms with Gasteiger partial charge in [0.25, 0.3) is 10.0 Å². The SMILES string of the molecule is Cc1cc(Cl)ccc1Nc1ccc(NS(=O)(=O)c2ccccc2C)nn1. The number of benzene rings is 2. The van der Waals surface area contributed by atoms with Crippen LogP contribution in [0.5, 0.6) is 0 Å². The molecule has 0 saturated carbocycles. The topological polar surface area (TPSA) is 84.0 Å². The van der Waals surface area contributed by atoms with Gasteiger partial charge in [0, 0.05) is 10.7 Å². The van der Waals surface area contributed by atoms with Crippen LogP contribution >= 0.6 is 11.6 Å². The second-order valence-corrected chi connectivity index (χ2v) is 7.85. The van der Waals surface area contributed by atoms with Gasteiger partial charge in [0.2, 0.25) is 0 Å². The normalized spacial score (nSPS) is 11.2. The van der Waals surface area contributed by atoms with Gasteiger partial charge in [-0.25, -0.2) is 8.42 Å². The molecule has 8 heteroatoms. The van der Waals surface area contributed by atoms with Gasteiger partial charge in [0.1, 0.15) is 0 Å². The summed E-state index contributed by atoms with van der Waals surface area (Å²) < 4.78 is 27.4. The van der Waals surface area contributed by atoms with Crippen LogP contribution in [0.2, 0.25) is 5.02 Å². The molecule has 0 amide bonds. The van der Waals surface area contributed by atoms with Crippen LogP contribution in [-0.2, 0) is 10.0 Å². The van der Waals surface area contributed by atoms with Crippen LogP contribution in [0.1, 0.15) is 11.1 Å². The van der Waals surface area contributed by atoms with E-state index in [-0.39, 0.29) is 10.7 Å². The Labute approximate surface area is 157 Å². The minimum Gasteiger partial charge on any atom is -0.339 e. The van der Waals surface area contributed by atoms with E-state index in [2.05, 4.69) is 20.2 Å². The van der Waals surface area contributed by atoms with E-state index in [4.69, 9.17) is 11.6 Å². The minimum atomic E-state index is -3.71. The van der Waals surface area contributed by atoms with Crippen molar-refractivity contribution in [3.05, 3.63) is 70.7 Å². The number of nitrogens with zero attached hydrogens (tertiary/aromatic N) is 2. The Morgan fingerprint density at radius 3 is 2.23 bits per heavy atom. The monoisotopic (exact) mass is 388 g/mol. The maximum absolute atomic E-state index is 12.5. The molecule has 6 nitrogen and oxygen atoms in total. The quantitative estimate of drug-likeness (QED) is 0.681. The summed E-state index contributed by atoms with van der Waals surface area (Å²) in [4.78, 5) is 0.209. The van der Waals surface area contributed by atoms with Gasteiger partial charge in [0.05, 0.1) is 4.90 Å². The lowest BCUT2D eigenvalue weighted by molar-refractivity contribution is 0.600. The highest BCUT2D eigenvalue weighted by Gasteiger charge is 2.17. The predicted molar refractivity (Wildman–Crippen MR) is 103 cm³/mol. The third kappa shape index (κ3) is 4.12. The standard InChI is InChI=1S/C18H17ClN4O2S/c1-12-5-3-4-6-16(12)26(24,25)23-18-10-9-17(21-22-18)20-15-8-7-14(19)11-13(15)2/h3-11H,1-2H3,(H,20,21)(H,22,23). The fourth-order valence-electron chi connectivity index (χ4n) is 2.41. The number of hydrogen-bond donors (Lipinski definition) is 2. The first-order valence-electron chi connectivity index (χ1n) is 7.80. The summed E-state index contributed by atoms with van der Waals surface area (Å²) in [5.74, 6) is 0.640. The molecule has 1 heterocycles. The molecule has 26 heavy (non-hydrogen) atoms. The first kappa shape index (κ1) is 18.2. The van der Waals surface area contributed by atoms with Crippen LogP contribution in [-0.4, -0.2) is 18.6 Å². The number of halogens is 1. The summed E-state index contributed by atoms with van der Waals surface area (Å²) in [5, 5.41) is 11.7. The molecule has 1 aromatic heterocycles. The average Bonchev–Trinajstić information content (AvgIpc) is 2.59. The number of hydrogen-bond acceptors (Lipinski definition) is 5. The number of aromatic nitrogens is 2. The van der Waals surface area contributed by atoms with Crippen LogP contribution < -0.4 is 10.0 Å². The number of aryl methyl sites for hydroxylation is 2. The van der Waals surface area contributed by atoms with Gasteiger partial charge in [-0.05, 0) is 61.4 Å². The number of sulfonamides is 1. The Bertz CT molecular complexity index is 1040. The van der Waals surface area contributed by atoms with Crippen molar-refractivity contribution in [1.29, 1.82) is 0 Å². The third-order valence-corrected chi connectivity index (χ3v) is 5.49. The van der Waals surface area contributed by atoms with E-state index in [1.54, 1.807) is 49.4 Å². The highest BCUT2D eigenvalue weighted by Crippen LogP contribution is 2.23. The molecule has 3 rings (SSSR count). The Morgan fingerprint density at radius 1 is 0.885 bits per heavy atom. The van der Waals surface area contributed by atoms with Crippen molar-refractivity contribution in [3.8, 4) is 0 Å². The summed E-state index contributed by atoms with van der Waals surface area (Å²) in [5.41, 5.74) is 2.46. The van der Waals surface area contributed by atoms with Gasteiger partial charge in [-0.1, -0.05) is 29.8 Å². The highest BCUT2D eigenvalue weighted by molar-refractivity contribution is 7.92. The van der Waals surface area contributed by atoms with E-state index < -0.39 is 10.0 Å². The van der Waals surface area contributed by atoms with Gasteiger partial charge in [-0.2, -0.15) is 0 Å². The Morgan fingerprint density at radius 2 is 1.58 bits per heavy atom. The van der Waals surface area contributed by atoms with Crippen LogP contribution in [0, 0.1) is 13.8 Å². The van der Waals surface area contributed by atoms with E-state index in [0.29, 0.717) is 16.4 Å². The van der Waals surface area contributed by atoms with Crippen LogP contribution in [0.3, 0.4) is 0 Å². The third-order valence-electron chi connectivity index (χ3n) is 3.74. The lowest BCUT2D eigenvalue weighted by atomic mass is 10.2. The zero-order valence-electron chi connectivity index (χ0n) is 14.2. The lowest BCUT2D eigenvalue weighted by Crippen LogP contribution is -2.15. The summed E-state index contributed by atoms with van der Waals surface area (Å²) in [6.07, 6.45) is 0. The van der Waals surface area contributed by atoms with Gasteiger partial charge >= 0.3 is 0 Å². The van der Waals surface area contributed by atoms with Crippen molar-refractivity contribution in [2.75, 3.05) is 10.0 Å². The molecule has 0 aliphatic heterocycles. The van der Waals surface area contributed by atoms with E-state index in [1.165, 1.54) is 0 Å². The van der Waals surface area contributed by atoms with Gasteiger partial charge in [-0.15, -0.1) is 10.2 Å². The summed E-state index contributed by atoms with van der Waals surface area (Å²) in [7, 11) is -3.71. The molecule has 0 unspecified atom stereocenters. The maximum atomic E-state index is 12.5. The smallest absolute Gasteiger partial charge is 0.263 e. The largest absolute Gasteiger partial charge is 0.339 e. The molecule has 134 valence electrons. The molecule has 0 bridgehead atoms. The first-order valence-corrected chi connectivity index (χ1v) is 9.66. The second kappa shape index (κ2) is 7.31. The number of anilines is 3. The zero-order valence-corrected chi connectivity index (χ0v) is 15.8. The fourth-order valence-corrected chi connectivity index (χ4v) is 3.88. The van der Waals surface area contributed by atoms with E-state index in [0.717, 1.165) is 11.3 Å². The molecular formula is C18H17ClN4O2S. The second-order valence-electron chi connectivity index (χ2n) is 5.76. The molecular weight excluding hydrogens is 372 g/mol. The lowest BCUT2D eigenvalue weighted by Gasteiger charge is -2.11. The van der Waals surface area contributed by atoms with E-state index in [1.807, 2.05) is 19.1 Å². The predicted octanol–water partition coefficient (Wildman–Crippen LogP) is 4.29. The van der Waals surface area contributed by atoms with Crippen LogP contribution in [0.15, 0.2) is 59.5 Å². The molecule has 2 aromatic carbocycles. The zero-order chi connectivity index (χ0) is 18.7. The number of rotatable bonds is 5. The van der Waals surface area contributed by atoms with Gasteiger partial charge in [0.15, 0.2) is 11.6 Å². The maximum Gasteiger partial charge on any atom is 0.263 e. The van der Waals surface area contributed by atoms with Crippen molar-refractivity contribution in [1.82, 2.24) is 10.2 Å². The molecule has 0 aliphatic rings. The molecule has 3 aromatic rings. The molecule has 0 fully saturated rings. The minimum absolute atomic E-state index is 0.145. The van der Waals surface area contributed by atoms with Gasteiger partial charge in [-0.3, -0.25) is 4.72 Å². The number of nitrogens with one attached hydrogen (secondary N) is 2. The molecule has 0 saturated heterocycles. The molecule has 0 atom stereocenters. The highest BCUT2D eigenvalue weighted by atomic mass is 35.5. The summed E-state index contributed by atoms with van der Waals surface area (Å²) >= 11 is 5.94. The molecule has 0 spiro atoms. The van der Waals surface area contributed by atoms with Crippen LogP contribution in [0.4, 0.5) is 17.3 Å². The molecule has 0 aliphatic carbocycles. The average molecular weight is 389 g/mol. The Kier molecular flexibility index (Phi) is 5.11. The summed E-state index contributed by atoms with van der Waals surface area (Å²) in [6.45, 7) is 3.66. The Hall–Kier alpha value is -2.64. The van der Waals surface area contributed by atoms with Crippen molar-refractivity contribution >= 4 is 38.9 Å². The van der Waals surface area contributed by atoms with Crippen LogP contribution in [0.25, 0.3) is 0 Å². The Balaban J connectivity index is 1.76. The molecule has 2 N–H and O–H groups in total.